The van der Waals surface area contributed by atoms with Crippen molar-refractivity contribution in [3.63, 3.8) is 0 Å². The predicted molar refractivity (Wildman–Crippen MR) is 73.4 cm³/mol. The van der Waals surface area contributed by atoms with Crippen LogP contribution in [0.4, 0.5) is 19.0 Å². The number of aryl methyl sites for hydroxylation is 1. The monoisotopic (exact) mass is 292 g/mol. The maximum Gasteiger partial charge on any atom is 0.416 e. The molecule has 0 fully saturated rings. The molecule has 108 valence electrons. The number of nitrogens with zero attached hydrogens (tertiary/aromatic N) is 3. The van der Waals surface area contributed by atoms with E-state index in [2.05, 4.69) is 9.97 Å². The largest absolute Gasteiger partial charge is 0.416 e. The van der Waals surface area contributed by atoms with Crippen molar-refractivity contribution in [3.8, 4) is 11.5 Å². The minimum atomic E-state index is -4.39. The first kappa shape index (κ1) is 13.4. The Bertz CT molecular complexity index is 821. The molecule has 0 aliphatic rings. The number of hydrogen-bond donors (Lipinski definition) is 1. The quantitative estimate of drug-likeness (QED) is 0.749. The molecule has 21 heavy (non-hydrogen) atoms. The minimum Gasteiger partial charge on any atom is -0.384 e. The molecule has 0 aliphatic carbocycles. The van der Waals surface area contributed by atoms with Crippen molar-refractivity contribution in [2.24, 2.45) is 7.05 Å². The number of benzene rings is 1. The van der Waals surface area contributed by atoms with Crippen LogP contribution in [0.15, 0.2) is 36.4 Å². The fourth-order valence-electron chi connectivity index (χ4n) is 2.18. The first-order chi connectivity index (χ1) is 9.86. The molecular weight excluding hydrogens is 281 g/mol. The van der Waals surface area contributed by atoms with Crippen LogP contribution < -0.4 is 5.73 Å². The van der Waals surface area contributed by atoms with Gasteiger partial charge in [0.2, 0.25) is 0 Å². The number of anilines is 1. The lowest BCUT2D eigenvalue weighted by atomic mass is 10.2. The van der Waals surface area contributed by atoms with Crippen LogP contribution in [0.25, 0.3) is 22.6 Å². The van der Waals surface area contributed by atoms with E-state index in [1.165, 1.54) is 6.07 Å². The van der Waals surface area contributed by atoms with Crippen molar-refractivity contribution in [1.29, 1.82) is 0 Å². The van der Waals surface area contributed by atoms with Gasteiger partial charge in [-0.3, -0.25) is 0 Å². The molecule has 0 atom stereocenters. The third-order valence-electron chi connectivity index (χ3n) is 3.21. The van der Waals surface area contributed by atoms with Gasteiger partial charge in [-0.15, -0.1) is 0 Å². The van der Waals surface area contributed by atoms with E-state index in [1.807, 2.05) is 0 Å². The number of imidazole rings is 1. The first-order valence-corrected chi connectivity index (χ1v) is 6.13. The number of fused-ring (bicyclic) bond motifs is 1. The Hall–Kier alpha value is -2.57. The van der Waals surface area contributed by atoms with Crippen molar-refractivity contribution in [1.82, 2.24) is 14.5 Å². The fourth-order valence-corrected chi connectivity index (χ4v) is 2.18. The zero-order chi connectivity index (χ0) is 15.2. The smallest absolute Gasteiger partial charge is 0.384 e. The Labute approximate surface area is 118 Å². The van der Waals surface area contributed by atoms with Crippen molar-refractivity contribution < 1.29 is 13.2 Å². The van der Waals surface area contributed by atoms with Gasteiger partial charge >= 0.3 is 6.18 Å². The second kappa shape index (κ2) is 4.47. The zero-order valence-electron chi connectivity index (χ0n) is 11.0. The maximum absolute atomic E-state index is 12.7. The number of rotatable bonds is 1. The van der Waals surface area contributed by atoms with E-state index < -0.39 is 11.7 Å². The minimum absolute atomic E-state index is 0.270. The Balaban J connectivity index is 2.20. The number of hydrogen-bond acceptors (Lipinski definition) is 3. The summed E-state index contributed by atoms with van der Waals surface area (Å²) in [6.07, 6.45) is -4.39. The standard InChI is InChI=1S/C14H11F3N4/c1-21-11-6-5-8(14(15,16)17)7-10(11)20-13(21)9-3-2-4-12(18)19-9/h2-7H,1H3,(H2,18,19). The van der Waals surface area contributed by atoms with Gasteiger partial charge in [0.05, 0.1) is 16.6 Å². The van der Waals surface area contributed by atoms with E-state index in [0.29, 0.717) is 22.9 Å². The van der Waals surface area contributed by atoms with Crippen LogP contribution in [0, 0.1) is 0 Å². The van der Waals surface area contributed by atoms with Gasteiger partial charge in [-0.1, -0.05) is 6.07 Å². The van der Waals surface area contributed by atoms with Gasteiger partial charge in [0, 0.05) is 7.05 Å². The Morgan fingerprint density at radius 3 is 2.52 bits per heavy atom. The molecular formula is C14H11F3N4. The summed E-state index contributed by atoms with van der Waals surface area (Å²) in [6.45, 7) is 0. The zero-order valence-corrected chi connectivity index (χ0v) is 11.0. The lowest BCUT2D eigenvalue weighted by Gasteiger charge is -2.06. The van der Waals surface area contributed by atoms with E-state index in [4.69, 9.17) is 5.73 Å². The van der Waals surface area contributed by atoms with Crippen LogP contribution in [-0.2, 0) is 13.2 Å². The normalized spacial score (nSPS) is 12.0. The summed E-state index contributed by atoms with van der Waals surface area (Å²) in [4.78, 5) is 8.39. The molecule has 0 aliphatic heterocycles. The van der Waals surface area contributed by atoms with Crippen molar-refractivity contribution in [2.45, 2.75) is 6.18 Å². The highest BCUT2D eigenvalue weighted by molar-refractivity contribution is 5.80. The summed E-state index contributed by atoms with van der Waals surface area (Å²) in [6, 6.07) is 8.54. The molecule has 0 spiro atoms. The molecule has 0 bridgehead atoms. The van der Waals surface area contributed by atoms with E-state index in [1.54, 1.807) is 29.8 Å². The molecule has 2 aromatic heterocycles. The van der Waals surface area contributed by atoms with Crippen LogP contribution in [0.1, 0.15) is 5.56 Å². The Morgan fingerprint density at radius 2 is 1.86 bits per heavy atom. The Morgan fingerprint density at radius 1 is 1.10 bits per heavy atom. The van der Waals surface area contributed by atoms with Gasteiger partial charge in [-0.05, 0) is 30.3 Å². The number of aromatic nitrogens is 3. The molecule has 1 aromatic carbocycles. The van der Waals surface area contributed by atoms with Crippen LogP contribution >= 0.6 is 0 Å². The first-order valence-electron chi connectivity index (χ1n) is 6.13. The van der Waals surface area contributed by atoms with Crippen LogP contribution in [0.3, 0.4) is 0 Å². The van der Waals surface area contributed by atoms with Gasteiger partial charge in [0.15, 0.2) is 5.82 Å². The average molecular weight is 292 g/mol. The molecule has 0 radical (unpaired) electrons. The van der Waals surface area contributed by atoms with Crippen molar-refractivity contribution in [2.75, 3.05) is 5.73 Å². The molecule has 0 amide bonds. The van der Waals surface area contributed by atoms with E-state index in [0.717, 1.165) is 12.1 Å². The van der Waals surface area contributed by atoms with Gasteiger partial charge in [-0.25, -0.2) is 9.97 Å². The molecule has 0 saturated heterocycles. The number of alkyl halides is 3. The molecule has 2 N–H and O–H groups in total. The Kier molecular flexibility index (Phi) is 2.86. The summed E-state index contributed by atoms with van der Waals surface area (Å²) in [5.74, 6) is 0.798. The highest BCUT2D eigenvalue weighted by Gasteiger charge is 2.31. The molecule has 0 saturated carbocycles. The molecule has 3 rings (SSSR count). The summed E-state index contributed by atoms with van der Waals surface area (Å²) >= 11 is 0. The van der Waals surface area contributed by atoms with Crippen LogP contribution in [0.2, 0.25) is 0 Å². The summed E-state index contributed by atoms with van der Waals surface area (Å²) in [5, 5.41) is 0. The number of pyridine rings is 1. The third kappa shape index (κ3) is 2.31. The van der Waals surface area contributed by atoms with Crippen molar-refractivity contribution >= 4 is 16.9 Å². The van der Waals surface area contributed by atoms with E-state index >= 15 is 0 Å². The SMILES string of the molecule is Cn1c(-c2cccc(N)n2)nc2cc(C(F)(F)F)ccc21. The predicted octanol–water partition coefficient (Wildman–Crippen LogP) is 3.24. The highest BCUT2D eigenvalue weighted by atomic mass is 19.4. The number of halogens is 3. The van der Waals surface area contributed by atoms with Gasteiger partial charge < -0.3 is 10.3 Å². The third-order valence-corrected chi connectivity index (χ3v) is 3.21. The molecule has 7 heteroatoms. The fraction of sp³-hybridized carbons (Fsp3) is 0.143. The van der Waals surface area contributed by atoms with Gasteiger partial charge in [0.25, 0.3) is 0 Å². The second-order valence-electron chi connectivity index (χ2n) is 4.64. The highest BCUT2D eigenvalue weighted by Crippen LogP contribution is 2.32. The maximum atomic E-state index is 12.7. The number of nitrogens with two attached hydrogens (primary N) is 1. The summed E-state index contributed by atoms with van der Waals surface area (Å²) in [7, 11) is 1.72. The molecule has 0 unspecified atom stereocenters. The number of nitrogen functional groups attached to an aromatic ring is 1. The average Bonchev–Trinajstić information content (AvgIpc) is 2.75. The van der Waals surface area contributed by atoms with Crippen LogP contribution in [0.5, 0.6) is 0 Å². The molecule has 3 aromatic rings. The molecule has 2 heterocycles. The van der Waals surface area contributed by atoms with E-state index in [9.17, 15) is 13.2 Å². The van der Waals surface area contributed by atoms with Crippen molar-refractivity contribution in [3.05, 3.63) is 42.0 Å². The lowest BCUT2D eigenvalue weighted by Crippen LogP contribution is -2.04. The molecule has 4 nitrogen and oxygen atoms in total. The summed E-state index contributed by atoms with van der Waals surface area (Å²) in [5.41, 5.74) is 6.29. The van der Waals surface area contributed by atoms with Crippen LogP contribution in [-0.4, -0.2) is 14.5 Å². The van der Waals surface area contributed by atoms with E-state index in [-0.39, 0.29) is 5.52 Å². The topological polar surface area (TPSA) is 56.7 Å². The second-order valence-corrected chi connectivity index (χ2v) is 4.64. The van der Waals surface area contributed by atoms with Gasteiger partial charge in [-0.2, -0.15) is 13.2 Å². The van der Waals surface area contributed by atoms with Gasteiger partial charge in [0.1, 0.15) is 11.5 Å². The summed E-state index contributed by atoms with van der Waals surface area (Å²) < 4.78 is 39.9. The lowest BCUT2D eigenvalue weighted by molar-refractivity contribution is -0.137.